The van der Waals surface area contributed by atoms with Gasteiger partial charge in [0.1, 0.15) is 0 Å². The molecule has 1 saturated heterocycles. The van der Waals surface area contributed by atoms with Crippen molar-refractivity contribution in [3.63, 3.8) is 0 Å². The maximum atomic E-state index is 6.03. The smallest absolute Gasteiger partial charge is 0.191 e. The van der Waals surface area contributed by atoms with Crippen LogP contribution >= 0.6 is 24.0 Å². The normalized spacial score (nSPS) is 18.8. The predicted molar refractivity (Wildman–Crippen MR) is 117 cm³/mol. The van der Waals surface area contributed by atoms with Gasteiger partial charge in [-0.1, -0.05) is 12.1 Å². The van der Waals surface area contributed by atoms with E-state index in [4.69, 9.17) is 5.73 Å². The molecule has 0 spiro atoms. The molecule has 5 nitrogen and oxygen atoms in total. The second-order valence-electron chi connectivity index (χ2n) is 7.10. The van der Waals surface area contributed by atoms with E-state index in [1.165, 1.54) is 24.1 Å². The molecule has 1 aromatic rings. The lowest BCUT2D eigenvalue weighted by atomic mass is 10.2. The van der Waals surface area contributed by atoms with Crippen LogP contribution in [0.25, 0.3) is 0 Å². The van der Waals surface area contributed by atoms with Crippen molar-refractivity contribution in [1.29, 1.82) is 0 Å². The minimum Gasteiger partial charge on any atom is -0.370 e. The summed E-state index contributed by atoms with van der Waals surface area (Å²) in [7, 11) is 2.06. The molecule has 0 amide bonds. The molecule has 140 valence electrons. The summed E-state index contributed by atoms with van der Waals surface area (Å²) < 4.78 is 0. The number of benzene rings is 1. The highest BCUT2D eigenvalue weighted by Crippen LogP contribution is 2.24. The summed E-state index contributed by atoms with van der Waals surface area (Å²) in [5.74, 6) is 0.710. The molecule has 0 atom stereocenters. The third kappa shape index (κ3) is 6.02. The van der Waals surface area contributed by atoms with E-state index in [1.807, 2.05) is 0 Å². The molecule has 2 fully saturated rings. The maximum absolute atomic E-state index is 6.03. The highest BCUT2D eigenvalue weighted by Gasteiger charge is 2.27. The van der Waals surface area contributed by atoms with Gasteiger partial charge in [0.15, 0.2) is 5.96 Å². The van der Waals surface area contributed by atoms with Crippen LogP contribution in [-0.2, 0) is 0 Å². The van der Waals surface area contributed by atoms with E-state index in [2.05, 4.69) is 57.9 Å². The van der Waals surface area contributed by atoms with Crippen LogP contribution in [0, 0.1) is 6.92 Å². The summed E-state index contributed by atoms with van der Waals surface area (Å²) in [4.78, 5) is 11.7. The number of piperazine rings is 1. The molecule has 3 rings (SSSR count). The predicted octanol–water partition coefficient (Wildman–Crippen LogP) is 2.53. The van der Waals surface area contributed by atoms with E-state index in [0.717, 1.165) is 45.7 Å². The maximum Gasteiger partial charge on any atom is 0.191 e. The Hall–Kier alpha value is -1.02. The lowest BCUT2D eigenvalue weighted by Crippen LogP contribution is -2.46. The van der Waals surface area contributed by atoms with Crippen molar-refractivity contribution in [2.24, 2.45) is 10.7 Å². The van der Waals surface area contributed by atoms with Crippen molar-refractivity contribution in [3.05, 3.63) is 29.8 Å². The fourth-order valence-corrected chi connectivity index (χ4v) is 3.30. The summed E-state index contributed by atoms with van der Waals surface area (Å²) in [6.07, 6.45) is 3.61. The van der Waals surface area contributed by atoms with Crippen LogP contribution in [0.3, 0.4) is 0 Å². The summed E-state index contributed by atoms with van der Waals surface area (Å²) in [5.41, 5.74) is 8.72. The molecule has 6 heteroatoms. The van der Waals surface area contributed by atoms with Crippen molar-refractivity contribution in [1.82, 2.24) is 9.80 Å². The number of hydrogen-bond acceptors (Lipinski definition) is 3. The molecule has 0 bridgehead atoms. The molecule has 1 aliphatic heterocycles. The molecule has 2 aliphatic rings. The van der Waals surface area contributed by atoms with Crippen molar-refractivity contribution in [2.45, 2.75) is 32.2 Å². The first-order valence-electron chi connectivity index (χ1n) is 9.20. The Bertz CT molecular complexity index is 565. The van der Waals surface area contributed by atoms with E-state index < -0.39 is 0 Å². The first-order valence-corrected chi connectivity index (χ1v) is 9.20. The van der Waals surface area contributed by atoms with Gasteiger partial charge in [-0.05, 0) is 43.9 Å². The summed E-state index contributed by atoms with van der Waals surface area (Å²) in [6, 6.07) is 9.45. The number of aryl methyl sites for hydroxylation is 1. The molecule has 1 aromatic carbocycles. The highest BCUT2D eigenvalue weighted by atomic mass is 127. The number of aliphatic imine (C=N–C) groups is 1. The SMILES string of the molecule is Cc1cccc(N2CCN(CCCN=C(N)N(C)C3CC3)CC2)c1.I. The van der Waals surface area contributed by atoms with Gasteiger partial charge < -0.3 is 15.5 Å². The van der Waals surface area contributed by atoms with Crippen molar-refractivity contribution < 1.29 is 0 Å². The second-order valence-corrected chi connectivity index (χ2v) is 7.10. The molecular formula is C19H32IN5. The molecule has 1 aliphatic carbocycles. The average molecular weight is 457 g/mol. The Morgan fingerprint density at radius 2 is 1.96 bits per heavy atom. The highest BCUT2D eigenvalue weighted by molar-refractivity contribution is 14.0. The molecule has 0 aromatic heterocycles. The van der Waals surface area contributed by atoms with Crippen LogP contribution in [-0.4, -0.2) is 68.1 Å². The quantitative estimate of drug-likeness (QED) is 0.309. The Morgan fingerprint density at radius 3 is 2.60 bits per heavy atom. The number of nitrogens with zero attached hydrogens (tertiary/aromatic N) is 4. The lowest BCUT2D eigenvalue weighted by Gasteiger charge is -2.36. The summed E-state index contributed by atoms with van der Waals surface area (Å²) in [5, 5.41) is 0. The third-order valence-corrected chi connectivity index (χ3v) is 5.10. The fourth-order valence-electron chi connectivity index (χ4n) is 3.30. The van der Waals surface area contributed by atoms with Crippen molar-refractivity contribution in [3.8, 4) is 0 Å². The minimum absolute atomic E-state index is 0. The van der Waals surface area contributed by atoms with Gasteiger partial charge >= 0.3 is 0 Å². The second kappa shape index (κ2) is 9.62. The largest absolute Gasteiger partial charge is 0.370 e. The number of guanidine groups is 1. The Kier molecular flexibility index (Phi) is 7.81. The zero-order valence-corrected chi connectivity index (χ0v) is 17.9. The number of rotatable bonds is 6. The standard InChI is InChI=1S/C19H31N5.HI/c1-16-5-3-6-18(15-16)24-13-11-23(12-14-24)10-4-9-21-19(20)22(2)17-7-8-17;/h3,5-6,15,17H,4,7-14H2,1-2H3,(H2,20,21);1H. The Morgan fingerprint density at radius 1 is 1.24 bits per heavy atom. The van der Waals surface area contributed by atoms with Gasteiger partial charge in [0.2, 0.25) is 0 Å². The summed E-state index contributed by atoms with van der Waals surface area (Å²) >= 11 is 0. The van der Waals surface area contributed by atoms with Gasteiger partial charge in [0, 0.05) is 58.0 Å². The molecule has 25 heavy (non-hydrogen) atoms. The van der Waals surface area contributed by atoms with E-state index in [-0.39, 0.29) is 24.0 Å². The first-order chi connectivity index (χ1) is 11.6. The van der Waals surface area contributed by atoms with Crippen LogP contribution in [0.2, 0.25) is 0 Å². The van der Waals surface area contributed by atoms with E-state index in [1.54, 1.807) is 0 Å². The average Bonchev–Trinajstić information content (AvgIpc) is 3.43. The molecular weight excluding hydrogens is 425 g/mol. The Balaban J connectivity index is 0.00000225. The van der Waals surface area contributed by atoms with Gasteiger partial charge in [0.05, 0.1) is 0 Å². The Labute approximate surface area is 169 Å². The van der Waals surface area contributed by atoms with Gasteiger partial charge in [-0.3, -0.25) is 9.89 Å². The van der Waals surface area contributed by atoms with Crippen LogP contribution in [0.1, 0.15) is 24.8 Å². The van der Waals surface area contributed by atoms with E-state index in [9.17, 15) is 0 Å². The van der Waals surface area contributed by atoms with Gasteiger partial charge in [-0.15, -0.1) is 24.0 Å². The van der Waals surface area contributed by atoms with Gasteiger partial charge in [0.25, 0.3) is 0 Å². The van der Waals surface area contributed by atoms with Gasteiger partial charge in [-0.25, -0.2) is 0 Å². The topological polar surface area (TPSA) is 48.1 Å². The van der Waals surface area contributed by atoms with Crippen LogP contribution in [0.15, 0.2) is 29.3 Å². The van der Waals surface area contributed by atoms with Crippen LogP contribution in [0.5, 0.6) is 0 Å². The zero-order valence-electron chi connectivity index (χ0n) is 15.5. The number of halogens is 1. The lowest BCUT2D eigenvalue weighted by molar-refractivity contribution is 0.256. The molecule has 2 N–H and O–H groups in total. The van der Waals surface area contributed by atoms with Crippen molar-refractivity contribution >= 4 is 35.6 Å². The minimum atomic E-state index is 0. The first kappa shape index (κ1) is 20.3. The van der Waals surface area contributed by atoms with E-state index in [0.29, 0.717) is 12.0 Å². The van der Waals surface area contributed by atoms with Crippen LogP contribution < -0.4 is 10.6 Å². The molecule has 0 unspecified atom stereocenters. The molecule has 1 saturated carbocycles. The number of hydrogen-bond donors (Lipinski definition) is 1. The zero-order chi connectivity index (χ0) is 16.9. The van der Waals surface area contributed by atoms with Crippen molar-refractivity contribution in [2.75, 3.05) is 51.2 Å². The monoisotopic (exact) mass is 457 g/mol. The van der Waals surface area contributed by atoms with E-state index >= 15 is 0 Å². The van der Waals surface area contributed by atoms with Crippen LogP contribution in [0.4, 0.5) is 5.69 Å². The molecule has 1 heterocycles. The molecule has 0 radical (unpaired) electrons. The van der Waals surface area contributed by atoms with Gasteiger partial charge in [-0.2, -0.15) is 0 Å². The number of nitrogens with two attached hydrogens (primary N) is 1. The third-order valence-electron chi connectivity index (χ3n) is 5.10. The number of anilines is 1. The summed E-state index contributed by atoms with van der Waals surface area (Å²) in [6.45, 7) is 8.60. The fraction of sp³-hybridized carbons (Fsp3) is 0.632.